The molecule has 2 heterocycles. The number of ether oxygens (including phenoxy) is 2. The van der Waals surface area contributed by atoms with Crippen LogP contribution in [0.3, 0.4) is 0 Å². The summed E-state index contributed by atoms with van der Waals surface area (Å²) in [5.41, 5.74) is 0.360. The zero-order valence-corrected chi connectivity index (χ0v) is 31.2. The number of carboxylic acids is 1. The van der Waals surface area contributed by atoms with E-state index >= 15 is 0 Å². The third-order valence-electron chi connectivity index (χ3n) is 9.76. The predicted octanol–water partition coefficient (Wildman–Crippen LogP) is 2.75. The van der Waals surface area contributed by atoms with E-state index in [9.17, 15) is 33.9 Å². The first-order chi connectivity index (χ1) is 19.1. The van der Waals surface area contributed by atoms with Gasteiger partial charge in [-0.15, -0.1) is 0 Å². The first kappa shape index (κ1) is 46.2. The number of hydrogen-bond acceptors (Lipinski definition) is 11. The van der Waals surface area contributed by atoms with Crippen LogP contribution < -0.4 is 23.0 Å². The zero-order valence-electron chi connectivity index (χ0n) is 28.3. The molecular formula is C30H55N4O9W-. The third-order valence-corrected chi connectivity index (χ3v) is 9.76. The summed E-state index contributed by atoms with van der Waals surface area (Å²) >= 11 is 0. The summed E-state index contributed by atoms with van der Waals surface area (Å²) in [5, 5.41) is 9.80. The van der Waals surface area contributed by atoms with Crippen molar-refractivity contribution in [2.24, 2.45) is 75.2 Å². The van der Waals surface area contributed by atoms with Crippen molar-refractivity contribution in [3.63, 3.8) is 0 Å². The smallest absolute Gasteiger partial charge is 0.318 e. The van der Waals surface area contributed by atoms with Crippen molar-refractivity contribution in [1.29, 1.82) is 0 Å². The summed E-state index contributed by atoms with van der Waals surface area (Å²) in [6.07, 6.45) is 1.52. The molecule has 7 atom stereocenters. The molecule has 0 bridgehead atoms. The Morgan fingerprint density at radius 3 is 1.57 bits per heavy atom. The fraction of sp³-hybridized carbons (Fsp3) is 0.767. The van der Waals surface area contributed by atoms with E-state index in [1.54, 1.807) is 27.7 Å². The molecule has 0 radical (unpaired) electrons. The molecule has 0 saturated carbocycles. The van der Waals surface area contributed by atoms with Crippen molar-refractivity contribution in [2.45, 2.75) is 89.0 Å². The van der Waals surface area contributed by atoms with Gasteiger partial charge in [0.25, 0.3) is 0 Å². The Labute approximate surface area is 276 Å². The Hall–Kier alpha value is -2.21. The van der Waals surface area contributed by atoms with Crippen LogP contribution in [0.15, 0.2) is 0 Å². The van der Waals surface area contributed by atoms with E-state index in [1.807, 2.05) is 47.0 Å². The largest absolute Gasteiger partial charge is 0.481 e. The molecule has 0 aromatic carbocycles. The van der Waals surface area contributed by atoms with Gasteiger partial charge in [0.05, 0.1) is 35.5 Å². The number of aliphatic carboxylic acids is 1. The average molecular weight is 800 g/mol. The quantitative estimate of drug-likeness (QED) is 0.0537. The number of nitrogens with one attached hydrogen (secondary N) is 1. The number of cyclic esters (lactones) is 4. The maximum Gasteiger partial charge on any atom is 0.318 e. The molecule has 2 aliphatic heterocycles. The maximum atomic E-state index is 12.5. The van der Waals surface area contributed by atoms with E-state index in [2.05, 4.69) is 16.4 Å². The molecule has 8 N–H and O–H groups in total. The number of carboxylic acid groups (broad SMARTS) is 1. The van der Waals surface area contributed by atoms with Crippen LogP contribution in [-0.4, -0.2) is 40.9 Å². The summed E-state index contributed by atoms with van der Waals surface area (Å²) in [5.74, 6) is 4.92. The standard InChI is InChI=1S/C19H32N2O6.C10H16O3.CH3.H4N2.W/c1-8-18(4,5)13-11(16(25)27-17(13)26)10(3)19(6,7)12(15(23)24)9(2)14(22)21-20;1-5-10(3,4)7-6(2)8(11)13-9(7)12;;1-2;/h9-13H,8,20H2,1-7H3,(H,21,22)(H,23,24);6-7H,5H2,1-4H3;1H3;1-2H2;/q;;-1;;. The molecule has 14 heteroatoms. The molecule has 256 valence electrons. The second kappa shape index (κ2) is 18.1. The molecule has 2 aliphatic rings. The van der Waals surface area contributed by atoms with Crippen LogP contribution in [0.1, 0.15) is 89.0 Å². The molecule has 1 amide bonds. The fourth-order valence-corrected chi connectivity index (χ4v) is 6.05. The Balaban J connectivity index is -0.000000833. The SMILES string of the molecule is CCC(C)(C)C1C(=O)OC(=O)C1C.CCC(C)(C)C1C(=O)OC(=O)C1C(C)C(C)(C)C(C(=O)O)C(C)C(=O)NN.NN.[CH3-].[W]. The van der Waals surface area contributed by atoms with Gasteiger partial charge >= 0.3 is 29.8 Å². The van der Waals surface area contributed by atoms with Gasteiger partial charge in [-0.3, -0.25) is 45.9 Å². The number of esters is 4. The van der Waals surface area contributed by atoms with E-state index < -0.39 is 64.2 Å². The first-order valence-electron chi connectivity index (χ1n) is 14.2. The molecule has 0 aliphatic carbocycles. The number of carbonyl (C=O) groups excluding carboxylic acids is 5. The Bertz CT molecular complexity index is 1030. The predicted molar refractivity (Wildman–Crippen MR) is 160 cm³/mol. The summed E-state index contributed by atoms with van der Waals surface area (Å²) < 4.78 is 9.53. The number of carbonyl (C=O) groups is 6. The number of nitrogens with two attached hydrogens (primary N) is 3. The molecule has 2 rings (SSSR count). The van der Waals surface area contributed by atoms with Gasteiger partial charge in [0.2, 0.25) is 5.91 Å². The fourth-order valence-electron chi connectivity index (χ4n) is 6.05. The molecule has 0 aromatic rings. The number of hydrogen-bond donors (Lipinski definition) is 5. The van der Waals surface area contributed by atoms with Gasteiger partial charge in [0, 0.05) is 21.1 Å². The summed E-state index contributed by atoms with van der Waals surface area (Å²) in [6, 6.07) is 0. The Morgan fingerprint density at radius 1 is 0.841 bits per heavy atom. The Kier molecular flexibility index (Phi) is 19.0. The monoisotopic (exact) mass is 799 g/mol. The molecule has 7 unspecified atom stereocenters. The number of rotatable bonds is 10. The van der Waals surface area contributed by atoms with Crippen molar-refractivity contribution in [3.05, 3.63) is 7.43 Å². The van der Waals surface area contributed by atoms with Crippen LogP contribution >= 0.6 is 0 Å². The second-order valence-electron chi connectivity index (χ2n) is 13.2. The van der Waals surface area contributed by atoms with Crippen molar-refractivity contribution in [3.8, 4) is 0 Å². The van der Waals surface area contributed by atoms with Crippen LogP contribution in [-0.2, 0) is 59.3 Å². The maximum absolute atomic E-state index is 12.5. The molecular weight excluding hydrogens is 744 g/mol. The van der Waals surface area contributed by atoms with E-state index in [0.717, 1.165) is 6.42 Å². The van der Waals surface area contributed by atoms with E-state index in [-0.39, 0.29) is 57.7 Å². The van der Waals surface area contributed by atoms with E-state index in [0.29, 0.717) is 6.42 Å². The van der Waals surface area contributed by atoms with Crippen molar-refractivity contribution in [2.75, 3.05) is 0 Å². The normalized spacial score (nSPS) is 23.6. The molecule has 0 aromatic heterocycles. The van der Waals surface area contributed by atoms with Gasteiger partial charge in [-0.2, -0.15) is 0 Å². The van der Waals surface area contributed by atoms with Crippen LogP contribution in [0, 0.1) is 65.1 Å². The molecule has 2 saturated heterocycles. The molecule has 0 spiro atoms. The van der Waals surface area contributed by atoms with Gasteiger partial charge in [0.1, 0.15) is 0 Å². The van der Waals surface area contributed by atoms with Crippen LogP contribution in [0.4, 0.5) is 0 Å². The van der Waals surface area contributed by atoms with Crippen molar-refractivity contribution < 1.29 is 64.4 Å². The van der Waals surface area contributed by atoms with Crippen LogP contribution in [0.5, 0.6) is 0 Å². The minimum absolute atomic E-state index is 0. The van der Waals surface area contributed by atoms with Crippen molar-refractivity contribution in [1.82, 2.24) is 5.43 Å². The minimum Gasteiger partial charge on any atom is -0.481 e. The van der Waals surface area contributed by atoms with Crippen LogP contribution in [0.2, 0.25) is 0 Å². The van der Waals surface area contributed by atoms with Crippen molar-refractivity contribution >= 4 is 35.8 Å². The van der Waals surface area contributed by atoms with Gasteiger partial charge in [-0.05, 0) is 22.2 Å². The first-order valence-corrected chi connectivity index (χ1v) is 14.2. The van der Waals surface area contributed by atoms with Crippen LogP contribution in [0.25, 0.3) is 0 Å². The summed E-state index contributed by atoms with van der Waals surface area (Å²) in [7, 11) is 0. The second-order valence-corrected chi connectivity index (χ2v) is 13.2. The third kappa shape index (κ3) is 9.89. The van der Waals surface area contributed by atoms with Gasteiger partial charge in [-0.25, -0.2) is 5.84 Å². The molecule has 2 fully saturated rings. The number of amides is 1. The summed E-state index contributed by atoms with van der Waals surface area (Å²) in [4.78, 5) is 71.4. The number of hydrazine groups is 2. The molecule has 13 nitrogen and oxygen atoms in total. The topological polar surface area (TPSA) is 231 Å². The summed E-state index contributed by atoms with van der Waals surface area (Å²) in [6.45, 7) is 20.1. The molecule has 44 heavy (non-hydrogen) atoms. The average Bonchev–Trinajstić information content (AvgIpc) is 3.36. The van der Waals surface area contributed by atoms with Gasteiger partial charge < -0.3 is 22.0 Å². The van der Waals surface area contributed by atoms with E-state index in [4.69, 9.17) is 10.6 Å². The van der Waals surface area contributed by atoms with Gasteiger partial charge in [0.15, 0.2) is 0 Å². The van der Waals surface area contributed by atoms with E-state index in [1.165, 1.54) is 6.92 Å². The minimum atomic E-state index is -1.16. The Morgan fingerprint density at radius 2 is 1.23 bits per heavy atom. The zero-order chi connectivity index (χ0) is 33.5. The van der Waals surface area contributed by atoms with Gasteiger partial charge in [-0.1, -0.05) is 89.0 Å².